The molecule has 6 heteroatoms. The average molecular weight is 349 g/mol. The Balaban J connectivity index is 2.56. The summed E-state index contributed by atoms with van der Waals surface area (Å²) in [7, 11) is 0. The van der Waals surface area contributed by atoms with Crippen LogP contribution in [-0.2, 0) is 0 Å². The third-order valence-electron chi connectivity index (χ3n) is 3.04. The first-order valence-corrected chi connectivity index (χ1v) is 7.21. The molecule has 1 heterocycles. The number of rotatable bonds is 3. The zero-order chi connectivity index (χ0) is 15.6. The summed E-state index contributed by atoms with van der Waals surface area (Å²) in [5, 5.41) is 12.2. The number of hydrogen-bond acceptors (Lipinski definition) is 4. The predicted molar refractivity (Wildman–Crippen MR) is 83.0 cm³/mol. The van der Waals surface area contributed by atoms with Crippen molar-refractivity contribution < 1.29 is 4.39 Å². The Labute approximate surface area is 131 Å². The number of hydrogen-bond donors (Lipinski definition) is 1. The van der Waals surface area contributed by atoms with Gasteiger partial charge in [-0.2, -0.15) is 5.26 Å². The Morgan fingerprint density at radius 2 is 2.05 bits per heavy atom. The lowest BCUT2D eigenvalue weighted by Crippen LogP contribution is -2.06. The minimum Gasteiger partial charge on any atom is -0.351 e. The van der Waals surface area contributed by atoms with Gasteiger partial charge in [-0.3, -0.25) is 0 Å². The average Bonchev–Trinajstić information content (AvgIpc) is 2.40. The molecule has 1 N–H and O–H groups in total. The molecule has 108 valence electrons. The van der Waals surface area contributed by atoms with E-state index in [0.717, 1.165) is 11.4 Å². The molecule has 1 aromatic carbocycles. The summed E-state index contributed by atoms with van der Waals surface area (Å²) in [6.07, 6.45) is 1.50. The Hall–Kier alpha value is -2.00. The van der Waals surface area contributed by atoms with Gasteiger partial charge < -0.3 is 5.32 Å². The molecule has 4 nitrogen and oxygen atoms in total. The molecule has 0 aliphatic rings. The van der Waals surface area contributed by atoms with Crippen LogP contribution in [0.15, 0.2) is 22.9 Å². The fourth-order valence-electron chi connectivity index (χ4n) is 2.00. The van der Waals surface area contributed by atoms with E-state index in [2.05, 4.69) is 31.2 Å². The molecular formula is C15H14BrFN4. The normalized spacial score (nSPS) is 10.5. The highest BCUT2D eigenvalue weighted by atomic mass is 79.9. The minimum absolute atomic E-state index is 0.0313. The van der Waals surface area contributed by atoms with Crippen molar-refractivity contribution >= 4 is 27.3 Å². The first-order valence-electron chi connectivity index (χ1n) is 6.41. The van der Waals surface area contributed by atoms with Crippen LogP contribution in [0.25, 0.3) is 0 Å². The fourth-order valence-corrected chi connectivity index (χ4v) is 2.43. The van der Waals surface area contributed by atoms with E-state index < -0.39 is 5.82 Å². The molecule has 0 radical (unpaired) electrons. The molecular weight excluding hydrogens is 335 g/mol. The third-order valence-corrected chi connectivity index (χ3v) is 3.50. The lowest BCUT2D eigenvalue weighted by atomic mass is 10.1. The Kier molecular flexibility index (Phi) is 4.53. The molecule has 0 amide bonds. The lowest BCUT2D eigenvalue weighted by Gasteiger charge is -2.16. The molecule has 0 fully saturated rings. The zero-order valence-corrected chi connectivity index (χ0v) is 13.5. The molecule has 1 aromatic heterocycles. The highest BCUT2D eigenvalue weighted by Gasteiger charge is 2.16. The highest BCUT2D eigenvalue weighted by Crippen LogP contribution is 2.31. The summed E-state index contributed by atoms with van der Waals surface area (Å²) in [5.74, 6) is -0.397. The third kappa shape index (κ3) is 3.19. The van der Waals surface area contributed by atoms with Gasteiger partial charge in [0.25, 0.3) is 0 Å². The van der Waals surface area contributed by atoms with Crippen LogP contribution in [0.5, 0.6) is 0 Å². The van der Waals surface area contributed by atoms with Gasteiger partial charge in [0.05, 0.1) is 22.8 Å². The van der Waals surface area contributed by atoms with Crippen LogP contribution in [0.3, 0.4) is 0 Å². The predicted octanol–water partition coefficient (Wildman–Crippen LogP) is 4.43. The number of aromatic nitrogens is 2. The van der Waals surface area contributed by atoms with Crippen LogP contribution in [-0.4, -0.2) is 9.97 Å². The second-order valence-corrected chi connectivity index (χ2v) is 5.84. The van der Waals surface area contributed by atoms with Gasteiger partial charge >= 0.3 is 0 Å². The molecule has 0 aliphatic carbocycles. The lowest BCUT2D eigenvalue weighted by molar-refractivity contribution is 0.623. The van der Waals surface area contributed by atoms with Crippen molar-refractivity contribution in [2.75, 3.05) is 5.32 Å². The van der Waals surface area contributed by atoms with Crippen molar-refractivity contribution in [3.8, 4) is 6.07 Å². The van der Waals surface area contributed by atoms with Crippen LogP contribution in [0.1, 0.15) is 36.7 Å². The van der Waals surface area contributed by atoms with Crippen molar-refractivity contribution in [2.45, 2.75) is 26.7 Å². The van der Waals surface area contributed by atoms with E-state index in [9.17, 15) is 4.39 Å². The van der Waals surface area contributed by atoms with Crippen molar-refractivity contribution in [3.05, 3.63) is 45.7 Å². The van der Waals surface area contributed by atoms with Crippen LogP contribution in [0.2, 0.25) is 0 Å². The number of benzene rings is 1. The van der Waals surface area contributed by atoms with Gasteiger partial charge in [-0.25, -0.2) is 14.4 Å². The topological polar surface area (TPSA) is 61.6 Å². The van der Waals surface area contributed by atoms with Crippen LogP contribution >= 0.6 is 15.9 Å². The van der Waals surface area contributed by atoms with Crippen LogP contribution < -0.4 is 5.32 Å². The van der Waals surface area contributed by atoms with E-state index in [1.54, 1.807) is 6.07 Å². The maximum atomic E-state index is 13.8. The van der Waals surface area contributed by atoms with Gasteiger partial charge in [-0.05, 0) is 25.0 Å². The number of halogens is 2. The second-order valence-electron chi connectivity index (χ2n) is 4.92. The van der Waals surface area contributed by atoms with Gasteiger partial charge in [-0.1, -0.05) is 29.8 Å². The van der Waals surface area contributed by atoms with Gasteiger partial charge in [0.2, 0.25) is 0 Å². The van der Waals surface area contributed by atoms with E-state index in [4.69, 9.17) is 5.26 Å². The fraction of sp³-hybridized carbons (Fsp3) is 0.267. The summed E-state index contributed by atoms with van der Waals surface area (Å²) in [6.45, 7) is 5.87. The Bertz CT molecular complexity index is 722. The van der Waals surface area contributed by atoms with E-state index in [1.807, 2.05) is 26.8 Å². The van der Waals surface area contributed by atoms with Gasteiger partial charge in [0.15, 0.2) is 0 Å². The molecule has 0 atom stereocenters. The summed E-state index contributed by atoms with van der Waals surface area (Å²) in [4.78, 5) is 8.43. The highest BCUT2D eigenvalue weighted by molar-refractivity contribution is 9.10. The van der Waals surface area contributed by atoms with Crippen LogP contribution in [0.4, 0.5) is 15.8 Å². The molecule has 2 aromatic rings. The molecule has 2 rings (SSSR count). The molecule has 0 saturated heterocycles. The number of nitriles is 1. The van der Waals surface area contributed by atoms with E-state index in [1.165, 1.54) is 12.4 Å². The zero-order valence-electron chi connectivity index (χ0n) is 11.9. The molecule has 21 heavy (non-hydrogen) atoms. The summed E-state index contributed by atoms with van der Waals surface area (Å²) >= 11 is 3.23. The van der Waals surface area contributed by atoms with Gasteiger partial charge in [-0.15, -0.1) is 0 Å². The second kappa shape index (κ2) is 6.19. The Morgan fingerprint density at radius 1 is 1.33 bits per heavy atom. The smallest absolute Gasteiger partial charge is 0.144 e. The number of aryl methyl sites for hydroxylation is 1. The van der Waals surface area contributed by atoms with Crippen LogP contribution in [0, 0.1) is 24.1 Å². The van der Waals surface area contributed by atoms with Gasteiger partial charge in [0.1, 0.15) is 23.8 Å². The quantitative estimate of drug-likeness (QED) is 0.891. The van der Waals surface area contributed by atoms with E-state index in [0.29, 0.717) is 15.8 Å². The maximum Gasteiger partial charge on any atom is 0.144 e. The molecule has 0 aliphatic heterocycles. The minimum atomic E-state index is -0.574. The number of nitrogens with one attached hydrogen (secondary N) is 1. The summed E-state index contributed by atoms with van der Waals surface area (Å²) < 4.78 is 14.4. The Morgan fingerprint density at radius 3 is 2.67 bits per heavy atom. The van der Waals surface area contributed by atoms with Crippen molar-refractivity contribution in [1.82, 2.24) is 9.97 Å². The van der Waals surface area contributed by atoms with E-state index >= 15 is 0 Å². The first-order chi connectivity index (χ1) is 9.93. The molecule has 0 bridgehead atoms. The van der Waals surface area contributed by atoms with Crippen molar-refractivity contribution in [3.63, 3.8) is 0 Å². The SMILES string of the molecule is Cc1ncnc(C(C)C)c1Nc1cc(Br)cc(F)c1C#N. The van der Waals surface area contributed by atoms with Gasteiger partial charge in [0, 0.05) is 4.47 Å². The van der Waals surface area contributed by atoms with Crippen molar-refractivity contribution in [1.29, 1.82) is 5.26 Å². The maximum absolute atomic E-state index is 13.8. The summed E-state index contributed by atoms with van der Waals surface area (Å²) in [6, 6.07) is 4.81. The number of nitrogens with zero attached hydrogens (tertiary/aromatic N) is 3. The molecule has 0 unspecified atom stereocenters. The molecule has 0 spiro atoms. The largest absolute Gasteiger partial charge is 0.351 e. The number of anilines is 2. The van der Waals surface area contributed by atoms with E-state index in [-0.39, 0.29) is 11.5 Å². The summed E-state index contributed by atoms with van der Waals surface area (Å²) in [5.41, 5.74) is 2.64. The standard InChI is InChI=1S/C15H14BrFN4/c1-8(2)14-15(9(3)19-7-20-14)21-13-5-10(16)4-12(17)11(13)6-18/h4-5,7-8,21H,1-3H3. The monoisotopic (exact) mass is 348 g/mol. The molecule has 0 saturated carbocycles. The first kappa shape index (κ1) is 15.4. The van der Waals surface area contributed by atoms with Crippen molar-refractivity contribution in [2.24, 2.45) is 0 Å².